The summed E-state index contributed by atoms with van der Waals surface area (Å²) >= 11 is 0. The van der Waals surface area contributed by atoms with Crippen molar-refractivity contribution in [1.29, 1.82) is 0 Å². The molecule has 94 valence electrons. The van der Waals surface area contributed by atoms with Crippen molar-refractivity contribution in [2.24, 2.45) is 0 Å². The number of hydrogen-bond donors (Lipinski definition) is 1. The molecule has 0 atom stereocenters. The highest BCUT2D eigenvalue weighted by Crippen LogP contribution is 2.13. The fourth-order valence-electron chi connectivity index (χ4n) is 1.65. The number of carbonyl (C=O) groups is 1. The molecule has 16 heavy (non-hydrogen) atoms. The van der Waals surface area contributed by atoms with Gasteiger partial charge in [-0.1, -0.05) is 0 Å². The van der Waals surface area contributed by atoms with Gasteiger partial charge in [0.25, 0.3) is 0 Å². The van der Waals surface area contributed by atoms with Gasteiger partial charge in [-0.3, -0.25) is 4.79 Å². The molecule has 0 aromatic carbocycles. The molecule has 0 aliphatic carbocycles. The molecule has 0 saturated carbocycles. The number of nitrogens with one attached hydrogen (secondary N) is 1. The van der Waals surface area contributed by atoms with Crippen LogP contribution in [0.15, 0.2) is 0 Å². The largest absolute Gasteiger partial charge is 0.351 e. The second-order valence-corrected chi connectivity index (χ2v) is 7.21. The normalized spacial score (nSPS) is 20.9. The number of sulfonamides is 1. The maximum atomic E-state index is 11.5. The van der Waals surface area contributed by atoms with Gasteiger partial charge in [0.15, 0.2) is 0 Å². The average Bonchev–Trinajstić information content (AvgIpc) is 2.38. The molecule has 1 aliphatic rings. The second-order valence-electron chi connectivity index (χ2n) is 5.12. The van der Waals surface area contributed by atoms with Gasteiger partial charge in [0, 0.05) is 25.0 Å². The fourth-order valence-corrected chi connectivity index (χ4v) is 3.18. The van der Waals surface area contributed by atoms with Crippen LogP contribution in [0, 0.1) is 0 Å². The highest BCUT2D eigenvalue weighted by atomic mass is 32.2. The molecule has 1 heterocycles. The van der Waals surface area contributed by atoms with E-state index in [-0.39, 0.29) is 23.6 Å². The Labute approximate surface area is 97.2 Å². The van der Waals surface area contributed by atoms with Crippen LogP contribution in [0.4, 0.5) is 0 Å². The maximum absolute atomic E-state index is 11.5. The molecule has 6 heteroatoms. The quantitative estimate of drug-likeness (QED) is 0.782. The van der Waals surface area contributed by atoms with Crippen molar-refractivity contribution in [3.05, 3.63) is 0 Å². The highest BCUT2D eigenvalue weighted by molar-refractivity contribution is 7.89. The summed E-state index contributed by atoms with van der Waals surface area (Å²) in [6, 6.07) is 0. The van der Waals surface area contributed by atoms with Crippen LogP contribution in [0.5, 0.6) is 0 Å². The molecule has 1 amide bonds. The highest BCUT2D eigenvalue weighted by Gasteiger charge is 2.28. The van der Waals surface area contributed by atoms with Gasteiger partial charge in [-0.25, -0.2) is 12.7 Å². The Hall–Kier alpha value is -0.620. The summed E-state index contributed by atoms with van der Waals surface area (Å²) in [7, 11) is -3.07. The van der Waals surface area contributed by atoms with Crippen molar-refractivity contribution in [1.82, 2.24) is 9.62 Å². The lowest BCUT2D eigenvalue weighted by atomic mass is 10.1. The molecule has 5 nitrogen and oxygen atoms in total. The third-order valence-electron chi connectivity index (χ3n) is 2.31. The summed E-state index contributed by atoms with van der Waals surface area (Å²) in [5.41, 5.74) is -0.263. The zero-order valence-electron chi connectivity index (χ0n) is 10.1. The summed E-state index contributed by atoms with van der Waals surface area (Å²) in [6.45, 7) is 6.54. The third-order valence-corrected chi connectivity index (χ3v) is 4.26. The van der Waals surface area contributed by atoms with Gasteiger partial charge in [-0.2, -0.15) is 0 Å². The standard InChI is InChI=1S/C10H20N2O3S/c1-10(2,3)11-9(13)5-7-12-6-4-8-16(12,14)15/h4-8H2,1-3H3,(H,11,13). The number of hydrogen-bond acceptors (Lipinski definition) is 3. The first-order chi connectivity index (χ1) is 7.21. The molecule has 1 N–H and O–H groups in total. The van der Waals surface area contributed by atoms with Crippen LogP contribution in [-0.2, 0) is 14.8 Å². The van der Waals surface area contributed by atoms with Gasteiger partial charge in [-0.15, -0.1) is 0 Å². The van der Waals surface area contributed by atoms with E-state index in [1.807, 2.05) is 20.8 Å². The Morgan fingerprint density at radius 1 is 1.38 bits per heavy atom. The first kappa shape index (κ1) is 13.4. The van der Waals surface area contributed by atoms with Crippen molar-refractivity contribution in [3.8, 4) is 0 Å². The Morgan fingerprint density at radius 2 is 2.00 bits per heavy atom. The van der Waals surface area contributed by atoms with E-state index in [0.29, 0.717) is 19.5 Å². The SMILES string of the molecule is CC(C)(C)NC(=O)CCN1CCCS1(=O)=O. The first-order valence-corrected chi connectivity index (χ1v) is 7.10. The van der Waals surface area contributed by atoms with Crippen LogP contribution in [0.3, 0.4) is 0 Å². The fraction of sp³-hybridized carbons (Fsp3) is 0.900. The Kier molecular flexibility index (Phi) is 3.96. The van der Waals surface area contributed by atoms with Crippen LogP contribution >= 0.6 is 0 Å². The predicted octanol–water partition coefficient (Wildman–Crippen LogP) is 0.327. The zero-order valence-corrected chi connectivity index (χ0v) is 10.9. The minimum atomic E-state index is -3.07. The van der Waals surface area contributed by atoms with Crippen molar-refractivity contribution < 1.29 is 13.2 Å². The number of nitrogens with zero attached hydrogens (tertiary/aromatic N) is 1. The Bertz CT molecular complexity index is 357. The molecule has 1 saturated heterocycles. The smallest absolute Gasteiger partial charge is 0.221 e. The topological polar surface area (TPSA) is 66.5 Å². The first-order valence-electron chi connectivity index (χ1n) is 5.49. The van der Waals surface area contributed by atoms with Crippen LogP contribution in [0.1, 0.15) is 33.6 Å². The van der Waals surface area contributed by atoms with E-state index in [4.69, 9.17) is 0 Å². The molecule has 0 radical (unpaired) electrons. The van der Waals surface area contributed by atoms with E-state index < -0.39 is 10.0 Å². The predicted molar refractivity (Wildman–Crippen MR) is 62.5 cm³/mol. The minimum absolute atomic E-state index is 0.102. The monoisotopic (exact) mass is 248 g/mol. The number of rotatable bonds is 3. The van der Waals surface area contributed by atoms with Gasteiger partial charge in [0.1, 0.15) is 0 Å². The molecule has 1 aliphatic heterocycles. The summed E-state index contributed by atoms with van der Waals surface area (Å²) in [4.78, 5) is 11.5. The van der Waals surface area contributed by atoms with Crippen molar-refractivity contribution in [2.75, 3.05) is 18.8 Å². The average molecular weight is 248 g/mol. The molecular formula is C10H20N2O3S. The van der Waals surface area contributed by atoms with Gasteiger partial charge < -0.3 is 5.32 Å². The maximum Gasteiger partial charge on any atom is 0.221 e. The minimum Gasteiger partial charge on any atom is -0.351 e. The van der Waals surface area contributed by atoms with E-state index in [9.17, 15) is 13.2 Å². The zero-order chi connectivity index (χ0) is 12.4. The van der Waals surface area contributed by atoms with E-state index in [1.54, 1.807) is 0 Å². The molecule has 0 bridgehead atoms. The summed E-state index contributed by atoms with van der Waals surface area (Å²) < 4.78 is 24.3. The molecule has 0 aromatic rings. The van der Waals surface area contributed by atoms with E-state index in [0.717, 1.165) is 0 Å². The number of carbonyl (C=O) groups excluding carboxylic acids is 1. The molecule has 0 unspecified atom stereocenters. The van der Waals surface area contributed by atoms with Crippen LogP contribution in [0.25, 0.3) is 0 Å². The lowest BCUT2D eigenvalue weighted by Crippen LogP contribution is -2.42. The molecule has 0 aromatic heterocycles. The summed E-state index contributed by atoms with van der Waals surface area (Å²) in [6.07, 6.45) is 0.903. The van der Waals surface area contributed by atoms with Crippen molar-refractivity contribution >= 4 is 15.9 Å². The molecule has 0 spiro atoms. The summed E-state index contributed by atoms with van der Waals surface area (Å²) in [5, 5.41) is 2.81. The van der Waals surface area contributed by atoms with Gasteiger partial charge in [-0.05, 0) is 27.2 Å². The lowest BCUT2D eigenvalue weighted by molar-refractivity contribution is -0.122. The summed E-state index contributed by atoms with van der Waals surface area (Å²) in [5.74, 6) is 0.114. The third kappa shape index (κ3) is 4.09. The Balaban J connectivity index is 2.38. The molecule has 1 rings (SSSR count). The van der Waals surface area contributed by atoms with Crippen molar-refractivity contribution in [3.63, 3.8) is 0 Å². The van der Waals surface area contributed by atoms with Gasteiger partial charge >= 0.3 is 0 Å². The Morgan fingerprint density at radius 3 is 2.44 bits per heavy atom. The molecular weight excluding hydrogens is 228 g/mol. The van der Waals surface area contributed by atoms with E-state index >= 15 is 0 Å². The van der Waals surface area contributed by atoms with Crippen LogP contribution < -0.4 is 5.32 Å². The van der Waals surface area contributed by atoms with E-state index in [2.05, 4.69) is 5.32 Å². The van der Waals surface area contributed by atoms with Gasteiger partial charge in [0.2, 0.25) is 15.9 Å². The van der Waals surface area contributed by atoms with Gasteiger partial charge in [0.05, 0.1) is 5.75 Å². The molecule has 1 fully saturated rings. The van der Waals surface area contributed by atoms with Crippen molar-refractivity contribution in [2.45, 2.75) is 39.2 Å². The van der Waals surface area contributed by atoms with Crippen LogP contribution in [-0.4, -0.2) is 43.0 Å². The number of amides is 1. The second kappa shape index (κ2) is 4.71. The lowest BCUT2D eigenvalue weighted by Gasteiger charge is -2.21. The van der Waals surface area contributed by atoms with Crippen LogP contribution in [0.2, 0.25) is 0 Å². The van der Waals surface area contributed by atoms with E-state index in [1.165, 1.54) is 4.31 Å².